The van der Waals surface area contributed by atoms with Crippen LogP contribution in [0.2, 0.25) is 0 Å². The molecule has 0 aliphatic carbocycles. The fraction of sp³-hybridized carbons (Fsp3) is 0.214. The smallest absolute Gasteiger partial charge is 0.212 e. The molecule has 0 bridgehead atoms. The quantitative estimate of drug-likeness (QED) is 0.878. The minimum absolute atomic E-state index is 0.529. The lowest BCUT2D eigenvalue weighted by Gasteiger charge is -2.09. The Morgan fingerprint density at radius 2 is 2.06 bits per heavy atom. The summed E-state index contributed by atoms with van der Waals surface area (Å²) in [6.45, 7) is 2.60. The summed E-state index contributed by atoms with van der Waals surface area (Å²) >= 11 is 0. The molecule has 0 saturated carbocycles. The topological polar surface area (TPSA) is 48.1 Å². The third-order valence-corrected chi connectivity index (χ3v) is 2.74. The van der Waals surface area contributed by atoms with Crippen LogP contribution in [-0.4, -0.2) is 12.1 Å². The van der Waals surface area contributed by atoms with Crippen molar-refractivity contribution < 1.29 is 4.74 Å². The first kappa shape index (κ1) is 11.6. The van der Waals surface area contributed by atoms with Crippen molar-refractivity contribution in [3.63, 3.8) is 0 Å². The van der Waals surface area contributed by atoms with E-state index in [4.69, 9.17) is 10.5 Å². The van der Waals surface area contributed by atoms with Crippen LogP contribution in [0.5, 0.6) is 5.88 Å². The highest BCUT2D eigenvalue weighted by Crippen LogP contribution is 2.25. The molecule has 0 fully saturated rings. The zero-order valence-electron chi connectivity index (χ0n) is 10.1. The highest BCUT2D eigenvalue weighted by atomic mass is 16.5. The van der Waals surface area contributed by atoms with Gasteiger partial charge in [-0.05, 0) is 24.1 Å². The van der Waals surface area contributed by atoms with Crippen molar-refractivity contribution in [1.29, 1.82) is 0 Å². The van der Waals surface area contributed by atoms with Crippen molar-refractivity contribution in [3.8, 4) is 17.0 Å². The van der Waals surface area contributed by atoms with Crippen molar-refractivity contribution >= 4 is 0 Å². The van der Waals surface area contributed by atoms with Gasteiger partial charge in [-0.1, -0.05) is 23.8 Å². The van der Waals surface area contributed by atoms with Crippen LogP contribution in [0.1, 0.15) is 11.1 Å². The van der Waals surface area contributed by atoms with E-state index in [1.807, 2.05) is 18.3 Å². The second-order valence-electron chi connectivity index (χ2n) is 3.95. The van der Waals surface area contributed by atoms with Crippen LogP contribution in [0.3, 0.4) is 0 Å². The number of benzene rings is 1. The fourth-order valence-electron chi connectivity index (χ4n) is 1.80. The first-order chi connectivity index (χ1) is 8.24. The normalized spacial score (nSPS) is 10.3. The van der Waals surface area contributed by atoms with Crippen LogP contribution in [-0.2, 0) is 6.54 Å². The van der Waals surface area contributed by atoms with Gasteiger partial charge in [0.1, 0.15) is 0 Å². The van der Waals surface area contributed by atoms with E-state index in [9.17, 15) is 0 Å². The van der Waals surface area contributed by atoms with E-state index in [0.717, 1.165) is 16.7 Å². The average molecular weight is 228 g/mol. The zero-order valence-corrected chi connectivity index (χ0v) is 10.1. The van der Waals surface area contributed by atoms with Gasteiger partial charge < -0.3 is 10.5 Å². The monoisotopic (exact) mass is 228 g/mol. The van der Waals surface area contributed by atoms with Crippen LogP contribution in [0.25, 0.3) is 11.1 Å². The third kappa shape index (κ3) is 2.45. The lowest BCUT2D eigenvalue weighted by molar-refractivity contribution is 0.398. The lowest BCUT2D eigenvalue weighted by atomic mass is 9.99. The van der Waals surface area contributed by atoms with Gasteiger partial charge in [-0.2, -0.15) is 0 Å². The van der Waals surface area contributed by atoms with Gasteiger partial charge in [0.25, 0.3) is 0 Å². The Balaban J connectivity index is 2.47. The maximum atomic E-state index is 5.75. The number of hydrogen-bond donors (Lipinski definition) is 1. The summed E-state index contributed by atoms with van der Waals surface area (Å²) in [5, 5.41) is 0. The van der Waals surface area contributed by atoms with Gasteiger partial charge in [0, 0.05) is 24.4 Å². The zero-order chi connectivity index (χ0) is 12.3. The summed E-state index contributed by atoms with van der Waals surface area (Å²) < 4.78 is 5.05. The Labute approximate surface area is 101 Å². The number of nitrogens with zero attached hydrogens (tertiary/aromatic N) is 1. The molecule has 88 valence electrons. The molecule has 0 atom stereocenters. The van der Waals surface area contributed by atoms with Crippen molar-refractivity contribution in [3.05, 3.63) is 47.7 Å². The first-order valence-electron chi connectivity index (χ1n) is 5.54. The highest BCUT2D eigenvalue weighted by Gasteiger charge is 2.05. The molecule has 3 nitrogen and oxygen atoms in total. The van der Waals surface area contributed by atoms with Crippen LogP contribution < -0.4 is 10.5 Å². The molecule has 2 rings (SSSR count). The fourth-order valence-corrected chi connectivity index (χ4v) is 1.80. The van der Waals surface area contributed by atoms with Gasteiger partial charge in [0.2, 0.25) is 5.88 Å². The van der Waals surface area contributed by atoms with E-state index in [0.29, 0.717) is 12.4 Å². The number of rotatable bonds is 3. The molecule has 1 heterocycles. The molecule has 3 heteroatoms. The molecule has 0 spiro atoms. The number of methoxy groups -OCH3 is 1. The largest absolute Gasteiger partial charge is 0.481 e. The van der Waals surface area contributed by atoms with E-state index in [-0.39, 0.29) is 0 Å². The van der Waals surface area contributed by atoms with Crippen molar-refractivity contribution in [2.24, 2.45) is 5.73 Å². The van der Waals surface area contributed by atoms with Crippen LogP contribution in [0.4, 0.5) is 0 Å². The summed E-state index contributed by atoms with van der Waals surface area (Å²) in [7, 11) is 1.61. The molecule has 2 N–H and O–H groups in total. The Kier molecular flexibility index (Phi) is 3.40. The van der Waals surface area contributed by atoms with E-state index >= 15 is 0 Å². The van der Waals surface area contributed by atoms with E-state index in [1.165, 1.54) is 5.56 Å². The predicted octanol–water partition coefficient (Wildman–Crippen LogP) is 2.52. The van der Waals surface area contributed by atoms with E-state index < -0.39 is 0 Å². The molecule has 0 amide bonds. The number of pyridine rings is 1. The van der Waals surface area contributed by atoms with E-state index in [2.05, 4.69) is 30.1 Å². The average Bonchev–Trinajstić information content (AvgIpc) is 2.39. The van der Waals surface area contributed by atoms with Gasteiger partial charge in [-0.3, -0.25) is 0 Å². The van der Waals surface area contributed by atoms with Crippen LogP contribution in [0, 0.1) is 6.92 Å². The summed E-state index contributed by atoms with van der Waals surface area (Å²) in [6, 6.07) is 10.1. The molecule has 0 unspecified atom stereocenters. The molecule has 17 heavy (non-hydrogen) atoms. The molecule has 1 aromatic carbocycles. The number of nitrogens with two attached hydrogens (primary N) is 1. The van der Waals surface area contributed by atoms with Gasteiger partial charge in [0.05, 0.1) is 7.11 Å². The molecule has 1 aromatic heterocycles. The standard InChI is InChI=1S/C14H16N2O/c1-10-3-4-11(8-15)13(7-10)12-5-6-14(17-2)16-9-12/h3-7,9H,8,15H2,1-2H3. The summed E-state index contributed by atoms with van der Waals surface area (Å²) in [5.41, 5.74) is 10.3. The number of hydrogen-bond acceptors (Lipinski definition) is 3. The molecular formula is C14H16N2O. The molecule has 0 radical (unpaired) electrons. The Morgan fingerprint density at radius 1 is 1.24 bits per heavy atom. The number of ether oxygens (including phenoxy) is 1. The van der Waals surface area contributed by atoms with Gasteiger partial charge >= 0.3 is 0 Å². The number of aromatic nitrogens is 1. The highest BCUT2D eigenvalue weighted by molar-refractivity contribution is 5.67. The van der Waals surface area contributed by atoms with E-state index in [1.54, 1.807) is 7.11 Å². The molecule has 0 aliphatic rings. The maximum absolute atomic E-state index is 5.75. The minimum atomic E-state index is 0.529. The second kappa shape index (κ2) is 4.97. The SMILES string of the molecule is COc1ccc(-c2cc(C)ccc2CN)cn1. The second-order valence-corrected chi connectivity index (χ2v) is 3.95. The minimum Gasteiger partial charge on any atom is -0.481 e. The Hall–Kier alpha value is -1.87. The molecule has 0 aliphatic heterocycles. The Morgan fingerprint density at radius 3 is 2.65 bits per heavy atom. The maximum Gasteiger partial charge on any atom is 0.212 e. The lowest BCUT2D eigenvalue weighted by Crippen LogP contribution is -1.99. The summed E-state index contributed by atoms with van der Waals surface area (Å²) in [4.78, 5) is 4.22. The van der Waals surface area contributed by atoms with Crippen molar-refractivity contribution in [2.45, 2.75) is 13.5 Å². The number of aryl methyl sites for hydroxylation is 1. The molecule has 0 saturated heterocycles. The summed E-state index contributed by atoms with van der Waals surface area (Å²) in [5.74, 6) is 0.621. The van der Waals surface area contributed by atoms with Gasteiger partial charge in [-0.25, -0.2) is 4.98 Å². The Bertz CT molecular complexity index is 506. The van der Waals surface area contributed by atoms with Gasteiger partial charge in [0.15, 0.2) is 0 Å². The van der Waals surface area contributed by atoms with Crippen molar-refractivity contribution in [1.82, 2.24) is 4.98 Å². The molecular weight excluding hydrogens is 212 g/mol. The van der Waals surface area contributed by atoms with Crippen LogP contribution >= 0.6 is 0 Å². The predicted molar refractivity (Wildman–Crippen MR) is 68.9 cm³/mol. The van der Waals surface area contributed by atoms with Gasteiger partial charge in [-0.15, -0.1) is 0 Å². The third-order valence-electron chi connectivity index (χ3n) is 2.74. The first-order valence-corrected chi connectivity index (χ1v) is 5.54. The molecule has 2 aromatic rings. The summed E-state index contributed by atoms with van der Waals surface area (Å²) in [6.07, 6.45) is 1.81. The van der Waals surface area contributed by atoms with Crippen molar-refractivity contribution in [2.75, 3.05) is 7.11 Å². The van der Waals surface area contributed by atoms with Crippen LogP contribution in [0.15, 0.2) is 36.5 Å².